The molecule has 0 aromatic heterocycles. The Labute approximate surface area is 119 Å². The molecule has 0 saturated carbocycles. The molecule has 0 unspecified atom stereocenters. The Hall–Kier alpha value is -3.09. The molecule has 0 aliphatic rings. The summed E-state index contributed by atoms with van der Waals surface area (Å²) in [5.41, 5.74) is -0.308. The number of nitro benzene ring substituents is 2. The molecule has 2 rings (SSSR count). The van der Waals surface area contributed by atoms with Crippen molar-refractivity contribution in [2.75, 3.05) is 0 Å². The number of carbonyl (C=O) groups excluding carboxylic acids is 1. The Bertz CT molecular complexity index is 727. The van der Waals surface area contributed by atoms with Gasteiger partial charge < -0.3 is 0 Å². The standard InChI is InChI=1S/C14H10N2O5/c17-14(11-6-2-4-8-13(11)16(20)21)9-10-5-1-3-7-12(10)15(18)19/h1-8H,9H2. The Morgan fingerprint density at radius 1 is 0.857 bits per heavy atom. The quantitative estimate of drug-likeness (QED) is 0.477. The number of hydrogen-bond acceptors (Lipinski definition) is 5. The first-order valence-corrected chi connectivity index (χ1v) is 5.99. The van der Waals surface area contributed by atoms with E-state index in [1.165, 1.54) is 42.5 Å². The van der Waals surface area contributed by atoms with Gasteiger partial charge in [0.05, 0.1) is 15.4 Å². The minimum Gasteiger partial charge on any atom is -0.294 e. The average molecular weight is 286 g/mol. The molecule has 0 amide bonds. The van der Waals surface area contributed by atoms with Crippen LogP contribution >= 0.6 is 0 Å². The minimum absolute atomic E-state index is 0.0550. The molecule has 2 aromatic carbocycles. The van der Waals surface area contributed by atoms with Gasteiger partial charge in [0, 0.05) is 24.1 Å². The number of ketones is 1. The van der Waals surface area contributed by atoms with Crippen LogP contribution in [0.4, 0.5) is 11.4 Å². The molecular formula is C14H10N2O5. The van der Waals surface area contributed by atoms with Crippen molar-refractivity contribution in [1.29, 1.82) is 0 Å². The zero-order valence-electron chi connectivity index (χ0n) is 10.8. The van der Waals surface area contributed by atoms with Crippen LogP contribution in [0.5, 0.6) is 0 Å². The van der Waals surface area contributed by atoms with E-state index in [0.717, 1.165) is 0 Å². The third-order valence-electron chi connectivity index (χ3n) is 2.94. The van der Waals surface area contributed by atoms with Gasteiger partial charge in [0.1, 0.15) is 0 Å². The Morgan fingerprint density at radius 2 is 1.38 bits per heavy atom. The molecule has 0 aliphatic carbocycles. The molecule has 106 valence electrons. The Kier molecular flexibility index (Phi) is 4.03. The third-order valence-corrected chi connectivity index (χ3v) is 2.94. The van der Waals surface area contributed by atoms with Crippen LogP contribution in [0.2, 0.25) is 0 Å². The maximum Gasteiger partial charge on any atom is 0.280 e. The fourth-order valence-corrected chi connectivity index (χ4v) is 1.98. The molecule has 0 heterocycles. The first kappa shape index (κ1) is 14.3. The molecule has 0 spiro atoms. The molecule has 0 aliphatic heterocycles. The fourth-order valence-electron chi connectivity index (χ4n) is 1.98. The van der Waals surface area contributed by atoms with Gasteiger partial charge >= 0.3 is 0 Å². The molecule has 0 bridgehead atoms. The predicted molar refractivity (Wildman–Crippen MR) is 74.2 cm³/mol. The molecule has 21 heavy (non-hydrogen) atoms. The highest BCUT2D eigenvalue weighted by molar-refractivity contribution is 6.01. The maximum atomic E-state index is 12.2. The topological polar surface area (TPSA) is 103 Å². The summed E-state index contributed by atoms with van der Waals surface area (Å²) in [7, 11) is 0. The largest absolute Gasteiger partial charge is 0.294 e. The van der Waals surface area contributed by atoms with Crippen LogP contribution in [0.25, 0.3) is 0 Å². The van der Waals surface area contributed by atoms with Crippen molar-refractivity contribution in [1.82, 2.24) is 0 Å². The number of Topliss-reactive ketones (excluding diaryl/α,β-unsaturated/α-hetero) is 1. The monoisotopic (exact) mass is 286 g/mol. The Morgan fingerprint density at radius 3 is 2.00 bits per heavy atom. The summed E-state index contributed by atoms with van der Waals surface area (Å²) in [6, 6.07) is 11.4. The maximum absolute atomic E-state index is 12.2. The van der Waals surface area contributed by atoms with E-state index >= 15 is 0 Å². The first-order valence-electron chi connectivity index (χ1n) is 5.99. The molecule has 0 atom stereocenters. The normalized spacial score (nSPS) is 10.1. The second kappa shape index (κ2) is 5.91. The molecule has 0 fully saturated rings. The summed E-state index contributed by atoms with van der Waals surface area (Å²) in [5, 5.41) is 21.8. The van der Waals surface area contributed by atoms with Crippen molar-refractivity contribution in [3.05, 3.63) is 79.9 Å². The molecule has 0 N–H and O–H groups in total. The lowest BCUT2D eigenvalue weighted by atomic mass is 10.0. The van der Waals surface area contributed by atoms with Gasteiger partial charge in [0.2, 0.25) is 0 Å². The van der Waals surface area contributed by atoms with E-state index in [9.17, 15) is 25.0 Å². The van der Waals surface area contributed by atoms with E-state index in [0.29, 0.717) is 0 Å². The van der Waals surface area contributed by atoms with E-state index in [2.05, 4.69) is 0 Å². The van der Waals surface area contributed by atoms with Crippen molar-refractivity contribution < 1.29 is 14.6 Å². The second-order valence-corrected chi connectivity index (χ2v) is 4.26. The number of hydrogen-bond donors (Lipinski definition) is 0. The summed E-state index contributed by atoms with van der Waals surface area (Å²) in [6.07, 6.45) is -0.262. The van der Waals surface area contributed by atoms with Crippen LogP contribution in [0.1, 0.15) is 15.9 Å². The van der Waals surface area contributed by atoms with Gasteiger partial charge in [-0.1, -0.05) is 30.3 Å². The van der Waals surface area contributed by atoms with Crippen LogP contribution in [-0.2, 0) is 6.42 Å². The lowest BCUT2D eigenvalue weighted by molar-refractivity contribution is -0.385. The number of carbonyl (C=O) groups is 1. The third kappa shape index (κ3) is 3.08. The highest BCUT2D eigenvalue weighted by atomic mass is 16.6. The zero-order valence-corrected chi connectivity index (χ0v) is 10.8. The van der Waals surface area contributed by atoms with Gasteiger partial charge in [-0.05, 0) is 6.07 Å². The molecule has 0 radical (unpaired) electrons. The van der Waals surface area contributed by atoms with Crippen molar-refractivity contribution in [3.63, 3.8) is 0 Å². The summed E-state index contributed by atoms with van der Waals surface area (Å²) >= 11 is 0. The van der Waals surface area contributed by atoms with E-state index in [1.807, 2.05) is 0 Å². The van der Waals surface area contributed by atoms with Crippen LogP contribution < -0.4 is 0 Å². The van der Waals surface area contributed by atoms with Crippen molar-refractivity contribution >= 4 is 17.2 Å². The Balaban J connectivity index is 2.36. The lowest BCUT2D eigenvalue weighted by Crippen LogP contribution is -2.08. The number of rotatable bonds is 5. The first-order chi connectivity index (χ1) is 10.0. The lowest BCUT2D eigenvalue weighted by Gasteiger charge is -2.03. The molecular weight excluding hydrogens is 276 g/mol. The van der Waals surface area contributed by atoms with Crippen LogP contribution in [0, 0.1) is 20.2 Å². The number of benzene rings is 2. The van der Waals surface area contributed by atoms with Gasteiger partial charge in [-0.3, -0.25) is 25.0 Å². The highest BCUT2D eigenvalue weighted by Crippen LogP contribution is 2.23. The van der Waals surface area contributed by atoms with Crippen molar-refractivity contribution in [3.8, 4) is 0 Å². The summed E-state index contributed by atoms with van der Waals surface area (Å²) in [4.78, 5) is 32.8. The van der Waals surface area contributed by atoms with E-state index in [4.69, 9.17) is 0 Å². The number of para-hydroxylation sites is 2. The van der Waals surface area contributed by atoms with Crippen LogP contribution in [0.15, 0.2) is 48.5 Å². The van der Waals surface area contributed by atoms with E-state index in [1.54, 1.807) is 6.07 Å². The summed E-state index contributed by atoms with van der Waals surface area (Å²) in [6.45, 7) is 0. The minimum atomic E-state index is -0.646. The van der Waals surface area contributed by atoms with Gasteiger partial charge in [-0.15, -0.1) is 0 Å². The molecule has 7 nitrogen and oxygen atoms in total. The van der Waals surface area contributed by atoms with Gasteiger partial charge in [0.25, 0.3) is 11.4 Å². The SMILES string of the molecule is O=C(Cc1ccccc1[N+](=O)[O-])c1ccccc1[N+](=O)[O-]. The number of nitro groups is 2. The van der Waals surface area contributed by atoms with Gasteiger partial charge in [-0.25, -0.2) is 0 Å². The summed E-state index contributed by atoms with van der Waals surface area (Å²) < 4.78 is 0. The predicted octanol–water partition coefficient (Wildman–Crippen LogP) is 2.93. The number of nitrogens with zero attached hydrogens (tertiary/aromatic N) is 2. The molecule has 0 saturated heterocycles. The molecule has 7 heteroatoms. The van der Waals surface area contributed by atoms with Crippen molar-refractivity contribution in [2.45, 2.75) is 6.42 Å². The van der Waals surface area contributed by atoms with Crippen LogP contribution in [0.3, 0.4) is 0 Å². The second-order valence-electron chi connectivity index (χ2n) is 4.26. The fraction of sp³-hybridized carbons (Fsp3) is 0.0714. The average Bonchev–Trinajstić information content (AvgIpc) is 2.47. The molecule has 2 aromatic rings. The summed E-state index contributed by atoms with van der Waals surface area (Å²) in [5.74, 6) is -0.531. The van der Waals surface area contributed by atoms with Gasteiger partial charge in [-0.2, -0.15) is 0 Å². The highest BCUT2D eigenvalue weighted by Gasteiger charge is 2.22. The van der Waals surface area contributed by atoms with Crippen LogP contribution in [-0.4, -0.2) is 15.6 Å². The van der Waals surface area contributed by atoms with E-state index in [-0.39, 0.29) is 28.9 Å². The smallest absolute Gasteiger partial charge is 0.280 e. The zero-order chi connectivity index (χ0) is 15.4. The van der Waals surface area contributed by atoms with Crippen molar-refractivity contribution in [2.24, 2.45) is 0 Å². The van der Waals surface area contributed by atoms with Gasteiger partial charge in [0.15, 0.2) is 5.78 Å². The van der Waals surface area contributed by atoms with E-state index < -0.39 is 15.6 Å².